The molecular formula is C13H21N3O2. The smallest absolute Gasteiger partial charge is 0.239 e. The molecule has 0 aromatic rings. The molecule has 1 atom stereocenters. The van der Waals surface area contributed by atoms with Crippen LogP contribution in [-0.4, -0.2) is 49.4 Å². The van der Waals surface area contributed by atoms with E-state index in [1.54, 1.807) is 4.90 Å². The molecule has 18 heavy (non-hydrogen) atoms. The fraction of sp³-hybridized carbons (Fsp3) is 0.846. The van der Waals surface area contributed by atoms with Gasteiger partial charge in [-0.2, -0.15) is 0 Å². The molecule has 0 aromatic carbocycles. The maximum atomic E-state index is 12.5. The molecule has 1 spiro atoms. The third-order valence-corrected chi connectivity index (χ3v) is 4.66. The zero-order valence-electron chi connectivity index (χ0n) is 10.7. The molecule has 3 rings (SSSR count). The molecule has 5 nitrogen and oxygen atoms in total. The first-order valence-corrected chi connectivity index (χ1v) is 6.97. The van der Waals surface area contributed by atoms with Gasteiger partial charge < -0.3 is 15.5 Å². The van der Waals surface area contributed by atoms with Crippen LogP contribution < -0.4 is 10.6 Å². The number of rotatable bonds is 1. The third kappa shape index (κ3) is 2.11. The number of hydrogen-bond acceptors (Lipinski definition) is 3. The van der Waals surface area contributed by atoms with Crippen molar-refractivity contribution in [3.63, 3.8) is 0 Å². The van der Waals surface area contributed by atoms with Gasteiger partial charge >= 0.3 is 0 Å². The number of piperidine rings is 1. The summed E-state index contributed by atoms with van der Waals surface area (Å²) in [7, 11) is 0. The van der Waals surface area contributed by atoms with Crippen molar-refractivity contribution >= 4 is 11.8 Å². The van der Waals surface area contributed by atoms with E-state index >= 15 is 0 Å². The molecule has 0 aromatic heterocycles. The SMILES string of the molecule is O=C1CN(C(=O)C2CC23CCNCC3)CCCN1. The summed E-state index contributed by atoms with van der Waals surface area (Å²) in [6, 6.07) is 0. The Morgan fingerprint density at radius 2 is 2.06 bits per heavy atom. The van der Waals surface area contributed by atoms with Crippen LogP contribution in [-0.2, 0) is 9.59 Å². The number of amides is 2. The number of carbonyl (C=O) groups excluding carboxylic acids is 2. The van der Waals surface area contributed by atoms with Crippen molar-refractivity contribution in [1.29, 1.82) is 0 Å². The Hall–Kier alpha value is -1.10. The Morgan fingerprint density at radius 1 is 1.28 bits per heavy atom. The third-order valence-electron chi connectivity index (χ3n) is 4.66. The lowest BCUT2D eigenvalue weighted by Crippen LogP contribution is -2.40. The molecule has 0 bridgehead atoms. The van der Waals surface area contributed by atoms with Crippen LogP contribution in [0.15, 0.2) is 0 Å². The molecule has 3 aliphatic rings. The molecule has 2 N–H and O–H groups in total. The average Bonchev–Trinajstić information content (AvgIpc) is 3.10. The van der Waals surface area contributed by atoms with Crippen LogP contribution in [0.1, 0.15) is 25.7 Å². The van der Waals surface area contributed by atoms with E-state index in [0.29, 0.717) is 6.54 Å². The van der Waals surface area contributed by atoms with E-state index in [0.717, 1.165) is 45.3 Å². The molecule has 2 aliphatic heterocycles. The molecule has 5 heteroatoms. The van der Waals surface area contributed by atoms with Gasteiger partial charge in [0, 0.05) is 19.0 Å². The summed E-state index contributed by atoms with van der Waals surface area (Å²) in [5.41, 5.74) is 0.269. The van der Waals surface area contributed by atoms with E-state index in [9.17, 15) is 9.59 Å². The number of nitrogens with one attached hydrogen (secondary N) is 2. The molecule has 1 saturated carbocycles. The zero-order valence-corrected chi connectivity index (χ0v) is 10.7. The lowest BCUT2D eigenvalue weighted by atomic mass is 9.91. The highest BCUT2D eigenvalue weighted by Gasteiger charge is 2.58. The van der Waals surface area contributed by atoms with Crippen LogP contribution in [0.5, 0.6) is 0 Å². The largest absolute Gasteiger partial charge is 0.354 e. The highest BCUT2D eigenvalue weighted by molar-refractivity contribution is 5.88. The molecule has 2 amide bonds. The maximum absolute atomic E-state index is 12.5. The van der Waals surface area contributed by atoms with Crippen molar-refractivity contribution in [3.05, 3.63) is 0 Å². The van der Waals surface area contributed by atoms with Gasteiger partial charge in [0.2, 0.25) is 11.8 Å². The van der Waals surface area contributed by atoms with Gasteiger partial charge in [0.1, 0.15) is 0 Å². The molecule has 2 saturated heterocycles. The Morgan fingerprint density at radius 3 is 2.83 bits per heavy atom. The number of carbonyl (C=O) groups is 2. The van der Waals surface area contributed by atoms with Crippen LogP contribution in [0.4, 0.5) is 0 Å². The van der Waals surface area contributed by atoms with Crippen molar-refractivity contribution < 1.29 is 9.59 Å². The Kier molecular flexibility index (Phi) is 3.01. The minimum atomic E-state index is -0.0131. The topological polar surface area (TPSA) is 61.4 Å². The number of nitrogens with zero attached hydrogens (tertiary/aromatic N) is 1. The van der Waals surface area contributed by atoms with Gasteiger partial charge in [-0.25, -0.2) is 0 Å². The zero-order chi connectivity index (χ0) is 12.6. The highest BCUT2D eigenvalue weighted by Crippen LogP contribution is 2.59. The van der Waals surface area contributed by atoms with Crippen molar-refractivity contribution in [2.24, 2.45) is 11.3 Å². The predicted octanol–water partition coefficient (Wildman–Crippen LogP) is -0.275. The summed E-state index contributed by atoms with van der Waals surface area (Å²) in [6.45, 7) is 3.74. The first kappa shape index (κ1) is 12.0. The van der Waals surface area contributed by atoms with Gasteiger partial charge in [0.15, 0.2) is 0 Å². The standard InChI is InChI=1S/C13H21N3O2/c17-11-9-16(7-1-4-15-11)12(18)10-8-13(10)2-5-14-6-3-13/h10,14H,1-9H2,(H,15,17). The van der Waals surface area contributed by atoms with Crippen molar-refractivity contribution in [1.82, 2.24) is 15.5 Å². The lowest BCUT2D eigenvalue weighted by Gasteiger charge is -2.25. The first-order valence-electron chi connectivity index (χ1n) is 6.97. The first-order chi connectivity index (χ1) is 8.71. The highest BCUT2D eigenvalue weighted by atomic mass is 16.2. The van der Waals surface area contributed by atoms with Gasteiger partial charge in [0.05, 0.1) is 6.54 Å². The van der Waals surface area contributed by atoms with Crippen LogP contribution in [0.3, 0.4) is 0 Å². The monoisotopic (exact) mass is 251 g/mol. The quantitative estimate of drug-likeness (QED) is 0.674. The van der Waals surface area contributed by atoms with Gasteiger partial charge in [-0.05, 0) is 44.2 Å². The summed E-state index contributed by atoms with van der Waals surface area (Å²) in [4.78, 5) is 25.7. The fourth-order valence-corrected chi connectivity index (χ4v) is 3.39. The van der Waals surface area contributed by atoms with Crippen LogP contribution in [0.25, 0.3) is 0 Å². The molecule has 1 unspecified atom stereocenters. The van der Waals surface area contributed by atoms with E-state index < -0.39 is 0 Å². The normalized spacial score (nSPS) is 30.8. The van der Waals surface area contributed by atoms with Gasteiger partial charge in [-0.15, -0.1) is 0 Å². The second-order valence-corrected chi connectivity index (χ2v) is 5.83. The van der Waals surface area contributed by atoms with Gasteiger partial charge in [-0.3, -0.25) is 9.59 Å². The molecule has 2 heterocycles. The van der Waals surface area contributed by atoms with Gasteiger partial charge in [-0.1, -0.05) is 0 Å². The molecular weight excluding hydrogens is 230 g/mol. The summed E-state index contributed by atoms with van der Waals surface area (Å²) in [5, 5.41) is 6.16. The lowest BCUT2D eigenvalue weighted by molar-refractivity contribution is -0.137. The minimum Gasteiger partial charge on any atom is -0.354 e. The maximum Gasteiger partial charge on any atom is 0.239 e. The van der Waals surface area contributed by atoms with E-state index in [-0.39, 0.29) is 29.7 Å². The van der Waals surface area contributed by atoms with Crippen LogP contribution >= 0.6 is 0 Å². The molecule has 1 aliphatic carbocycles. The minimum absolute atomic E-state index is 0.0131. The fourth-order valence-electron chi connectivity index (χ4n) is 3.39. The Labute approximate surface area is 107 Å². The summed E-state index contributed by atoms with van der Waals surface area (Å²) >= 11 is 0. The second kappa shape index (κ2) is 4.53. The van der Waals surface area contributed by atoms with E-state index in [1.165, 1.54) is 0 Å². The van der Waals surface area contributed by atoms with E-state index in [2.05, 4.69) is 10.6 Å². The summed E-state index contributed by atoms with van der Waals surface area (Å²) < 4.78 is 0. The van der Waals surface area contributed by atoms with E-state index in [4.69, 9.17) is 0 Å². The van der Waals surface area contributed by atoms with Crippen LogP contribution in [0.2, 0.25) is 0 Å². The van der Waals surface area contributed by atoms with Crippen molar-refractivity contribution in [2.45, 2.75) is 25.7 Å². The second-order valence-electron chi connectivity index (χ2n) is 5.83. The predicted molar refractivity (Wildman–Crippen MR) is 66.9 cm³/mol. The van der Waals surface area contributed by atoms with Crippen molar-refractivity contribution in [3.8, 4) is 0 Å². The molecule has 0 radical (unpaired) electrons. The molecule has 100 valence electrons. The molecule has 3 fully saturated rings. The average molecular weight is 251 g/mol. The Bertz CT molecular complexity index is 363. The summed E-state index contributed by atoms with van der Waals surface area (Å²) in [5.74, 6) is 0.389. The Balaban J connectivity index is 1.63. The van der Waals surface area contributed by atoms with Crippen molar-refractivity contribution in [2.75, 3.05) is 32.7 Å². The van der Waals surface area contributed by atoms with E-state index in [1.807, 2.05) is 0 Å². The van der Waals surface area contributed by atoms with Crippen LogP contribution in [0, 0.1) is 11.3 Å². The van der Waals surface area contributed by atoms with Gasteiger partial charge in [0.25, 0.3) is 0 Å². The number of hydrogen-bond donors (Lipinski definition) is 2. The summed E-state index contributed by atoms with van der Waals surface area (Å²) in [6.07, 6.45) is 4.14.